The molecule has 8 heteroatoms. The van der Waals surface area contributed by atoms with Gasteiger partial charge in [-0.25, -0.2) is 4.79 Å². The number of hydrogen-bond acceptors (Lipinski definition) is 5. The van der Waals surface area contributed by atoms with E-state index in [1.165, 1.54) is 12.0 Å². The van der Waals surface area contributed by atoms with Crippen LogP contribution in [0.1, 0.15) is 36.8 Å². The molecule has 2 aromatic carbocycles. The van der Waals surface area contributed by atoms with Crippen LogP contribution < -0.4 is 5.32 Å². The molecule has 1 aliphatic heterocycles. The fraction of sp³-hybridized carbons (Fsp3) is 0.423. The smallest absolute Gasteiger partial charge is 0.408 e. The van der Waals surface area contributed by atoms with Crippen molar-refractivity contribution in [3.63, 3.8) is 0 Å². The summed E-state index contributed by atoms with van der Waals surface area (Å²) in [7, 11) is 1.45. The minimum atomic E-state index is -1.38. The molecule has 0 bridgehead atoms. The van der Waals surface area contributed by atoms with Gasteiger partial charge in [0.2, 0.25) is 0 Å². The first-order valence-corrected chi connectivity index (χ1v) is 11.5. The number of carboxylic acid groups (broad SMARTS) is 1. The predicted molar refractivity (Wildman–Crippen MR) is 125 cm³/mol. The number of benzene rings is 2. The lowest BCUT2D eigenvalue weighted by atomic mass is 9.94. The number of piperidine rings is 1. The minimum absolute atomic E-state index is 0.0652. The van der Waals surface area contributed by atoms with Gasteiger partial charge in [0.05, 0.1) is 12.5 Å². The lowest BCUT2D eigenvalue weighted by Gasteiger charge is -2.38. The molecule has 1 aliphatic carbocycles. The van der Waals surface area contributed by atoms with Gasteiger partial charge in [0.25, 0.3) is 5.91 Å². The molecular weight excluding hydrogens is 436 g/mol. The average molecular weight is 467 g/mol. The number of rotatable bonds is 7. The Morgan fingerprint density at radius 1 is 1.09 bits per heavy atom. The molecule has 34 heavy (non-hydrogen) atoms. The zero-order valence-corrected chi connectivity index (χ0v) is 19.5. The van der Waals surface area contributed by atoms with Gasteiger partial charge in [-0.3, -0.25) is 9.59 Å². The summed E-state index contributed by atoms with van der Waals surface area (Å²) < 4.78 is 10.8. The number of ether oxygens (including phenoxy) is 2. The summed E-state index contributed by atoms with van der Waals surface area (Å²) in [6, 6.07) is 16.1. The fourth-order valence-electron chi connectivity index (χ4n) is 5.01. The summed E-state index contributed by atoms with van der Waals surface area (Å²) in [4.78, 5) is 39.0. The van der Waals surface area contributed by atoms with Crippen LogP contribution in [-0.4, -0.2) is 66.9 Å². The third kappa shape index (κ3) is 4.63. The van der Waals surface area contributed by atoms with Gasteiger partial charge in [-0.2, -0.15) is 0 Å². The summed E-state index contributed by atoms with van der Waals surface area (Å²) in [6.45, 7) is 2.19. The predicted octanol–water partition coefficient (Wildman–Crippen LogP) is 3.25. The van der Waals surface area contributed by atoms with Gasteiger partial charge in [-0.15, -0.1) is 0 Å². The van der Waals surface area contributed by atoms with E-state index >= 15 is 0 Å². The molecule has 0 aromatic heterocycles. The summed E-state index contributed by atoms with van der Waals surface area (Å²) in [6.07, 6.45) is 0.401. The summed E-state index contributed by atoms with van der Waals surface area (Å²) >= 11 is 0. The summed E-state index contributed by atoms with van der Waals surface area (Å²) in [5.74, 6) is -2.01. The van der Waals surface area contributed by atoms with E-state index in [4.69, 9.17) is 9.47 Å². The van der Waals surface area contributed by atoms with Crippen LogP contribution in [-0.2, 0) is 19.1 Å². The number of nitrogens with zero attached hydrogens (tertiary/aromatic N) is 1. The molecule has 1 saturated heterocycles. The van der Waals surface area contributed by atoms with Crippen molar-refractivity contribution < 1.29 is 29.0 Å². The molecule has 8 nitrogen and oxygen atoms in total. The standard InChI is InChI=1S/C26H30N2O6/c1-26(16-33-2,24(31)28-13-7-8-17(14-28)23(29)30)27-25(32)34-15-22-20-11-5-3-9-18(20)19-10-4-6-12-21(19)22/h3-6,9-12,17,22H,7-8,13-16H2,1-2H3,(H,27,32)(H,29,30). The first kappa shape index (κ1) is 23.8. The van der Waals surface area contributed by atoms with Crippen LogP contribution in [0.25, 0.3) is 11.1 Å². The Morgan fingerprint density at radius 2 is 1.71 bits per heavy atom. The van der Waals surface area contributed by atoms with Gasteiger partial charge in [0, 0.05) is 26.1 Å². The molecule has 2 unspecified atom stereocenters. The van der Waals surface area contributed by atoms with Crippen LogP contribution >= 0.6 is 0 Å². The highest BCUT2D eigenvalue weighted by molar-refractivity contribution is 5.90. The number of hydrogen-bond donors (Lipinski definition) is 2. The Morgan fingerprint density at radius 3 is 2.29 bits per heavy atom. The summed E-state index contributed by atoms with van der Waals surface area (Å²) in [5, 5.41) is 12.0. The van der Waals surface area contributed by atoms with Crippen molar-refractivity contribution >= 4 is 18.0 Å². The first-order valence-electron chi connectivity index (χ1n) is 11.5. The van der Waals surface area contributed by atoms with Crippen LogP contribution in [0.2, 0.25) is 0 Å². The third-order valence-electron chi connectivity index (χ3n) is 6.68. The van der Waals surface area contributed by atoms with Gasteiger partial charge in [-0.1, -0.05) is 48.5 Å². The Balaban J connectivity index is 1.44. The van der Waals surface area contributed by atoms with Gasteiger partial charge in [-0.05, 0) is 42.0 Å². The number of methoxy groups -OCH3 is 1. The lowest BCUT2D eigenvalue weighted by molar-refractivity contribution is -0.148. The zero-order valence-electron chi connectivity index (χ0n) is 19.5. The van der Waals surface area contributed by atoms with E-state index < -0.39 is 23.5 Å². The fourth-order valence-corrected chi connectivity index (χ4v) is 5.01. The number of carbonyl (C=O) groups excluding carboxylic acids is 2. The Bertz CT molecular complexity index is 1040. The first-order chi connectivity index (χ1) is 16.3. The molecule has 2 aliphatic rings. The van der Waals surface area contributed by atoms with Crippen LogP contribution in [0.15, 0.2) is 48.5 Å². The Hall–Kier alpha value is -3.39. The highest BCUT2D eigenvalue weighted by Crippen LogP contribution is 2.44. The topological polar surface area (TPSA) is 105 Å². The number of aliphatic carboxylic acids is 1. The average Bonchev–Trinajstić information content (AvgIpc) is 3.16. The maximum atomic E-state index is 13.3. The number of carbonyl (C=O) groups is 3. The number of amides is 2. The van der Waals surface area contributed by atoms with Crippen molar-refractivity contribution in [2.75, 3.05) is 33.4 Å². The minimum Gasteiger partial charge on any atom is -0.481 e. The van der Waals surface area contributed by atoms with E-state index in [0.29, 0.717) is 19.4 Å². The van der Waals surface area contributed by atoms with Gasteiger partial charge in [0.15, 0.2) is 0 Å². The van der Waals surface area contributed by atoms with E-state index in [1.54, 1.807) is 6.92 Å². The van der Waals surface area contributed by atoms with Gasteiger partial charge < -0.3 is 24.8 Å². The van der Waals surface area contributed by atoms with Crippen LogP contribution in [0, 0.1) is 5.92 Å². The summed E-state index contributed by atoms with van der Waals surface area (Å²) in [5.41, 5.74) is 3.08. The second-order valence-corrected chi connectivity index (χ2v) is 9.14. The monoisotopic (exact) mass is 466 g/mol. The molecule has 4 rings (SSSR count). The number of nitrogens with one attached hydrogen (secondary N) is 1. The van der Waals surface area contributed by atoms with E-state index in [9.17, 15) is 19.5 Å². The molecule has 2 atom stereocenters. The Labute approximate surface area is 198 Å². The quantitative estimate of drug-likeness (QED) is 0.649. The largest absolute Gasteiger partial charge is 0.481 e. The van der Waals surface area contributed by atoms with Crippen LogP contribution in [0.4, 0.5) is 4.79 Å². The second kappa shape index (κ2) is 9.85. The van der Waals surface area contributed by atoms with Crippen molar-refractivity contribution in [1.82, 2.24) is 10.2 Å². The highest BCUT2D eigenvalue weighted by atomic mass is 16.5. The molecule has 2 amide bonds. The van der Waals surface area contributed by atoms with E-state index in [1.807, 2.05) is 36.4 Å². The highest BCUT2D eigenvalue weighted by Gasteiger charge is 2.41. The molecule has 1 heterocycles. The normalized spacial score (nSPS) is 19.0. The maximum absolute atomic E-state index is 13.3. The van der Waals surface area contributed by atoms with E-state index in [2.05, 4.69) is 17.4 Å². The third-order valence-corrected chi connectivity index (χ3v) is 6.68. The van der Waals surface area contributed by atoms with Crippen molar-refractivity contribution in [1.29, 1.82) is 0 Å². The number of alkyl carbamates (subject to hydrolysis) is 1. The molecule has 0 spiro atoms. The van der Waals surface area contributed by atoms with Crippen molar-refractivity contribution in [3.05, 3.63) is 59.7 Å². The molecule has 2 N–H and O–H groups in total. The SMILES string of the molecule is COCC(C)(NC(=O)OCC1c2ccccc2-c2ccccc21)C(=O)N1CCCC(C(=O)O)C1. The Kier molecular flexibility index (Phi) is 6.88. The van der Waals surface area contributed by atoms with E-state index in [0.717, 1.165) is 22.3 Å². The lowest BCUT2D eigenvalue weighted by Crippen LogP contribution is -2.62. The van der Waals surface area contributed by atoms with Gasteiger partial charge >= 0.3 is 12.1 Å². The molecule has 2 aromatic rings. The van der Waals surface area contributed by atoms with Crippen molar-refractivity contribution in [2.45, 2.75) is 31.2 Å². The van der Waals surface area contributed by atoms with Crippen LogP contribution in [0.5, 0.6) is 0 Å². The molecule has 1 fully saturated rings. The second-order valence-electron chi connectivity index (χ2n) is 9.14. The number of carboxylic acids is 1. The van der Waals surface area contributed by atoms with E-state index in [-0.39, 0.29) is 31.6 Å². The molecule has 0 radical (unpaired) electrons. The van der Waals surface area contributed by atoms with Gasteiger partial charge in [0.1, 0.15) is 12.1 Å². The number of fused-ring (bicyclic) bond motifs is 3. The molecule has 0 saturated carbocycles. The van der Waals surface area contributed by atoms with Crippen LogP contribution in [0.3, 0.4) is 0 Å². The van der Waals surface area contributed by atoms with Crippen molar-refractivity contribution in [3.8, 4) is 11.1 Å². The zero-order chi connectivity index (χ0) is 24.3. The van der Waals surface area contributed by atoms with Crippen molar-refractivity contribution in [2.24, 2.45) is 5.92 Å². The molecule has 180 valence electrons. The molecular formula is C26H30N2O6. The number of likely N-dealkylation sites (tertiary alicyclic amines) is 1. The maximum Gasteiger partial charge on any atom is 0.408 e.